The Labute approximate surface area is 161 Å². The minimum absolute atomic E-state index is 0.0705. The van der Waals surface area contributed by atoms with Gasteiger partial charge in [-0.15, -0.1) is 9.36 Å². The van der Waals surface area contributed by atoms with Gasteiger partial charge < -0.3 is 0 Å². The molecule has 0 saturated carbocycles. The fourth-order valence-corrected chi connectivity index (χ4v) is 4.67. The van der Waals surface area contributed by atoms with E-state index in [0.717, 1.165) is 0 Å². The van der Waals surface area contributed by atoms with Crippen LogP contribution in [0.2, 0.25) is 0 Å². The van der Waals surface area contributed by atoms with E-state index in [1.807, 2.05) is 13.8 Å². The molecule has 26 heavy (non-hydrogen) atoms. The summed E-state index contributed by atoms with van der Waals surface area (Å²) in [5, 5.41) is 0. The summed E-state index contributed by atoms with van der Waals surface area (Å²) in [6, 6.07) is 4.73. The van der Waals surface area contributed by atoms with Gasteiger partial charge >= 0.3 is 0 Å². The van der Waals surface area contributed by atoms with Crippen LogP contribution in [-0.4, -0.2) is 4.68 Å². The first kappa shape index (κ1) is 20.7. The Balaban J connectivity index is 0.00000117. The second-order valence-corrected chi connectivity index (χ2v) is 9.68. The quantitative estimate of drug-likeness (QED) is 0.527. The second kappa shape index (κ2) is 6.25. The number of aromatic nitrogens is 2. The Morgan fingerprint density at radius 1 is 0.923 bits per heavy atom. The van der Waals surface area contributed by atoms with Gasteiger partial charge in [0.1, 0.15) is 5.69 Å². The van der Waals surface area contributed by atoms with Gasteiger partial charge in [-0.05, 0) is 36.0 Å². The first-order chi connectivity index (χ1) is 11.8. The summed E-state index contributed by atoms with van der Waals surface area (Å²) in [4.78, 5) is 0. The van der Waals surface area contributed by atoms with Crippen LogP contribution in [0.4, 0.5) is 0 Å². The van der Waals surface area contributed by atoms with Crippen LogP contribution < -0.4 is 4.68 Å². The summed E-state index contributed by atoms with van der Waals surface area (Å²) in [6.45, 7) is 25.0. The monoisotopic (exact) mass is 355 g/mol. The van der Waals surface area contributed by atoms with Crippen molar-refractivity contribution in [2.45, 2.75) is 92.4 Å². The minimum atomic E-state index is 0.0705. The summed E-state index contributed by atoms with van der Waals surface area (Å²) >= 11 is 0. The van der Waals surface area contributed by atoms with Gasteiger partial charge in [0.15, 0.2) is 13.2 Å². The Morgan fingerprint density at radius 3 is 1.96 bits per heavy atom. The molecule has 0 aliphatic carbocycles. The molecule has 0 unspecified atom stereocenters. The molecule has 1 aliphatic heterocycles. The third-order valence-corrected chi connectivity index (χ3v) is 6.56. The lowest BCUT2D eigenvalue weighted by Gasteiger charge is -2.47. The maximum atomic E-state index is 2.46. The van der Waals surface area contributed by atoms with Crippen LogP contribution >= 0.6 is 0 Å². The van der Waals surface area contributed by atoms with Gasteiger partial charge in [0.2, 0.25) is 0 Å². The number of hydrogen-bond acceptors (Lipinski definition) is 0. The molecule has 0 radical (unpaired) electrons. The summed E-state index contributed by atoms with van der Waals surface area (Å²) in [7, 11) is 2.16. The molecule has 0 atom stereocenters. The standard InChI is InChI=1S/C22H33N2.C2H6/c1-14-13-23(10)24-18-15(2)16(20(3,4)5)11-12-17(18)21(6,7)22(8,9)19(14)24;1-2/h11-13H,1-10H3;1-2H3/q+1;. The lowest BCUT2D eigenvalue weighted by atomic mass is 9.59. The maximum absolute atomic E-state index is 2.46. The van der Waals surface area contributed by atoms with E-state index in [0.29, 0.717) is 0 Å². The van der Waals surface area contributed by atoms with Gasteiger partial charge in [-0.2, -0.15) is 0 Å². The average molecular weight is 356 g/mol. The highest BCUT2D eigenvalue weighted by Gasteiger charge is 2.50. The normalized spacial score (nSPS) is 17.1. The van der Waals surface area contributed by atoms with Gasteiger partial charge in [0.25, 0.3) is 0 Å². The van der Waals surface area contributed by atoms with E-state index in [-0.39, 0.29) is 16.2 Å². The van der Waals surface area contributed by atoms with Crippen LogP contribution in [0, 0.1) is 13.8 Å². The highest BCUT2D eigenvalue weighted by Crippen LogP contribution is 2.51. The van der Waals surface area contributed by atoms with E-state index < -0.39 is 0 Å². The van der Waals surface area contributed by atoms with Crippen LogP contribution in [0.25, 0.3) is 5.69 Å². The fraction of sp³-hybridized carbons (Fsp3) is 0.625. The number of rotatable bonds is 0. The van der Waals surface area contributed by atoms with E-state index in [1.165, 1.54) is 33.6 Å². The maximum Gasteiger partial charge on any atom is 0.199 e. The van der Waals surface area contributed by atoms with Gasteiger partial charge in [0.05, 0.1) is 5.69 Å². The number of aryl methyl sites for hydroxylation is 2. The molecule has 0 spiro atoms. The van der Waals surface area contributed by atoms with Crippen molar-refractivity contribution < 1.29 is 4.68 Å². The Bertz CT molecular complexity index is 827. The van der Waals surface area contributed by atoms with Crippen molar-refractivity contribution in [1.82, 2.24) is 4.68 Å². The molecule has 0 N–H and O–H groups in total. The summed E-state index contributed by atoms with van der Waals surface area (Å²) in [5.41, 5.74) is 8.81. The molecule has 2 heteroatoms. The molecule has 0 saturated heterocycles. The second-order valence-electron chi connectivity index (χ2n) is 9.68. The predicted octanol–water partition coefficient (Wildman–Crippen LogP) is 5.81. The van der Waals surface area contributed by atoms with Crippen molar-refractivity contribution in [3.63, 3.8) is 0 Å². The molecule has 144 valence electrons. The van der Waals surface area contributed by atoms with Crippen molar-refractivity contribution in [3.8, 4) is 5.69 Å². The van der Waals surface area contributed by atoms with E-state index in [9.17, 15) is 0 Å². The summed E-state index contributed by atoms with van der Waals surface area (Å²) in [5.74, 6) is 0. The lowest BCUT2D eigenvalue weighted by Crippen LogP contribution is -2.51. The Hall–Kier alpha value is -1.57. The molecule has 2 nitrogen and oxygen atoms in total. The molecule has 1 aromatic carbocycles. The third kappa shape index (κ3) is 2.64. The van der Waals surface area contributed by atoms with Gasteiger partial charge in [-0.25, -0.2) is 0 Å². The number of fused-ring (bicyclic) bond motifs is 3. The SMILES string of the molecule is CC.Cc1c[n+](C)n2c1C(C)(C)C(C)(C)c1ccc(C(C)(C)C)c(C)c1-2. The lowest BCUT2D eigenvalue weighted by molar-refractivity contribution is -0.745. The largest absolute Gasteiger partial charge is 0.199 e. The molecular weight excluding hydrogens is 316 g/mol. The zero-order chi connectivity index (χ0) is 20.2. The van der Waals surface area contributed by atoms with E-state index in [1.54, 1.807) is 0 Å². The number of nitrogens with zero attached hydrogens (tertiary/aromatic N) is 2. The Morgan fingerprint density at radius 2 is 1.46 bits per heavy atom. The van der Waals surface area contributed by atoms with E-state index >= 15 is 0 Å². The van der Waals surface area contributed by atoms with Crippen LogP contribution in [0.5, 0.6) is 0 Å². The molecule has 3 rings (SSSR count). The van der Waals surface area contributed by atoms with Crippen molar-refractivity contribution >= 4 is 0 Å². The molecule has 1 aromatic heterocycles. The van der Waals surface area contributed by atoms with E-state index in [2.05, 4.69) is 97.1 Å². The minimum Gasteiger partial charge on any atom is -0.124 e. The predicted molar refractivity (Wildman–Crippen MR) is 113 cm³/mol. The van der Waals surface area contributed by atoms with E-state index in [4.69, 9.17) is 0 Å². The number of benzene rings is 1. The third-order valence-electron chi connectivity index (χ3n) is 6.56. The number of hydrogen-bond donors (Lipinski definition) is 0. The molecule has 2 heterocycles. The van der Waals surface area contributed by atoms with Crippen molar-refractivity contribution in [2.75, 3.05) is 0 Å². The smallest absolute Gasteiger partial charge is 0.124 e. The van der Waals surface area contributed by atoms with Crippen molar-refractivity contribution in [2.24, 2.45) is 7.05 Å². The van der Waals surface area contributed by atoms with Gasteiger partial charge in [-0.1, -0.05) is 74.4 Å². The van der Waals surface area contributed by atoms with Crippen LogP contribution in [0.3, 0.4) is 0 Å². The van der Waals surface area contributed by atoms with Crippen LogP contribution in [0.15, 0.2) is 18.3 Å². The highest BCUT2D eigenvalue weighted by molar-refractivity contribution is 5.60. The molecule has 0 fully saturated rings. The Kier molecular flexibility index (Phi) is 4.98. The van der Waals surface area contributed by atoms with Gasteiger partial charge in [0, 0.05) is 16.4 Å². The first-order valence-electron chi connectivity index (χ1n) is 10.1. The average Bonchev–Trinajstić information content (AvgIpc) is 2.81. The van der Waals surface area contributed by atoms with Crippen molar-refractivity contribution in [3.05, 3.63) is 46.3 Å². The fourth-order valence-electron chi connectivity index (χ4n) is 4.67. The molecule has 0 amide bonds. The van der Waals surface area contributed by atoms with Crippen molar-refractivity contribution in [1.29, 1.82) is 0 Å². The molecule has 2 aromatic rings. The summed E-state index contributed by atoms with van der Waals surface area (Å²) in [6.07, 6.45) is 2.27. The highest BCUT2D eigenvalue weighted by atomic mass is 15.4. The van der Waals surface area contributed by atoms with Gasteiger partial charge in [-0.3, -0.25) is 0 Å². The first-order valence-corrected chi connectivity index (χ1v) is 10.1. The zero-order valence-corrected chi connectivity index (χ0v) is 19.1. The molecular formula is C24H39N2+. The topological polar surface area (TPSA) is 8.81 Å². The van der Waals surface area contributed by atoms with Crippen LogP contribution in [0.1, 0.15) is 90.3 Å². The zero-order valence-electron chi connectivity index (χ0n) is 19.1. The van der Waals surface area contributed by atoms with Crippen LogP contribution in [-0.2, 0) is 23.3 Å². The molecule has 0 bridgehead atoms. The summed E-state index contributed by atoms with van der Waals surface area (Å²) < 4.78 is 4.72. The molecule has 1 aliphatic rings.